The maximum absolute atomic E-state index is 13.1. The van der Waals surface area contributed by atoms with E-state index in [1.54, 1.807) is 13.0 Å². The highest BCUT2D eigenvalue weighted by Crippen LogP contribution is 2.24. The van der Waals surface area contributed by atoms with Crippen LogP contribution >= 0.6 is 11.6 Å². The van der Waals surface area contributed by atoms with Crippen LogP contribution < -0.4 is 5.32 Å². The molecular formula is C10H10ClFN2. The Morgan fingerprint density at radius 1 is 1.57 bits per heavy atom. The van der Waals surface area contributed by atoms with Crippen LogP contribution in [0.25, 0.3) is 0 Å². The minimum absolute atomic E-state index is 0.297. The van der Waals surface area contributed by atoms with E-state index in [0.29, 0.717) is 29.2 Å². The predicted octanol–water partition coefficient (Wildman–Crippen LogP) is 3.11. The third-order valence-corrected chi connectivity index (χ3v) is 2.11. The lowest BCUT2D eigenvalue weighted by Gasteiger charge is -2.07. The molecule has 0 aliphatic rings. The third-order valence-electron chi connectivity index (χ3n) is 1.80. The van der Waals surface area contributed by atoms with E-state index in [2.05, 4.69) is 5.32 Å². The molecule has 0 heterocycles. The zero-order valence-corrected chi connectivity index (χ0v) is 8.53. The molecule has 0 saturated carbocycles. The van der Waals surface area contributed by atoms with Crippen LogP contribution in [0.5, 0.6) is 0 Å². The molecule has 2 nitrogen and oxygen atoms in total. The number of halogens is 2. The summed E-state index contributed by atoms with van der Waals surface area (Å²) in [5.74, 6) is -0.297. The summed E-state index contributed by atoms with van der Waals surface area (Å²) in [5, 5.41) is 11.7. The molecule has 0 fully saturated rings. The van der Waals surface area contributed by atoms with Crippen molar-refractivity contribution in [2.75, 3.05) is 11.9 Å². The van der Waals surface area contributed by atoms with Gasteiger partial charge in [0.05, 0.1) is 23.2 Å². The Hall–Kier alpha value is -1.27. The number of hydrogen-bond acceptors (Lipinski definition) is 2. The highest BCUT2D eigenvalue weighted by atomic mass is 35.5. The Morgan fingerprint density at radius 3 is 2.93 bits per heavy atom. The summed E-state index contributed by atoms with van der Waals surface area (Å²) < 4.78 is 13.1. The van der Waals surface area contributed by atoms with Gasteiger partial charge in [-0.3, -0.25) is 0 Å². The molecule has 0 spiro atoms. The lowest BCUT2D eigenvalue weighted by atomic mass is 10.2. The Labute approximate surface area is 87.3 Å². The molecule has 14 heavy (non-hydrogen) atoms. The van der Waals surface area contributed by atoms with E-state index in [-0.39, 0.29) is 5.82 Å². The average Bonchev–Trinajstić information content (AvgIpc) is 2.14. The smallest absolute Gasteiger partial charge is 0.128 e. The molecule has 0 amide bonds. The van der Waals surface area contributed by atoms with Gasteiger partial charge in [0.1, 0.15) is 5.82 Å². The summed E-state index contributed by atoms with van der Waals surface area (Å²) in [7, 11) is 0. The van der Waals surface area contributed by atoms with Crippen LogP contribution in [-0.2, 0) is 0 Å². The fourth-order valence-corrected chi connectivity index (χ4v) is 1.32. The first-order valence-corrected chi connectivity index (χ1v) is 4.59. The van der Waals surface area contributed by atoms with Crippen LogP contribution in [0, 0.1) is 24.1 Å². The number of nitriles is 1. The van der Waals surface area contributed by atoms with Gasteiger partial charge in [-0.05, 0) is 24.6 Å². The number of benzene rings is 1. The molecule has 0 saturated heterocycles. The zero-order valence-electron chi connectivity index (χ0n) is 7.77. The van der Waals surface area contributed by atoms with Crippen LogP contribution in [0.15, 0.2) is 12.1 Å². The van der Waals surface area contributed by atoms with E-state index in [4.69, 9.17) is 16.9 Å². The molecule has 0 radical (unpaired) electrons. The van der Waals surface area contributed by atoms with Crippen molar-refractivity contribution in [3.63, 3.8) is 0 Å². The van der Waals surface area contributed by atoms with E-state index in [1.807, 2.05) is 6.07 Å². The number of hydrogen-bond donors (Lipinski definition) is 1. The first kappa shape index (κ1) is 10.8. The van der Waals surface area contributed by atoms with E-state index in [0.717, 1.165) is 0 Å². The Kier molecular flexibility index (Phi) is 3.73. The van der Waals surface area contributed by atoms with Gasteiger partial charge in [-0.2, -0.15) is 5.26 Å². The van der Waals surface area contributed by atoms with Crippen LogP contribution in [0.1, 0.15) is 12.0 Å². The van der Waals surface area contributed by atoms with Crippen LogP contribution in [0.4, 0.5) is 10.1 Å². The zero-order chi connectivity index (χ0) is 10.6. The Balaban J connectivity index is 2.78. The van der Waals surface area contributed by atoms with Crippen molar-refractivity contribution in [3.05, 3.63) is 28.5 Å². The third kappa shape index (κ3) is 2.61. The fourth-order valence-electron chi connectivity index (χ4n) is 1.03. The fraction of sp³-hybridized carbons (Fsp3) is 0.300. The number of aryl methyl sites for hydroxylation is 1. The maximum atomic E-state index is 13.1. The minimum atomic E-state index is -0.297. The predicted molar refractivity (Wildman–Crippen MR) is 54.9 cm³/mol. The summed E-state index contributed by atoms with van der Waals surface area (Å²) in [5.41, 5.74) is 1.05. The topological polar surface area (TPSA) is 35.8 Å². The molecule has 0 aromatic heterocycles. The summed E-state index contributed by atoms with van der Waals surface area (Å²) in [6.45, 7) is 2.12. The number of rotatable bonds is 3. The molecule has 0 aliphatic carbocycles. The van der Waals surface area contributed by atoms with Gasteiger partial charge in [-0.25, -0.2) is 4.39 Å². The summed E-state index contributed by atoms with van der Waals surface area (Å²) >= 11 is 5.87. The highest BCUT2D eigenvalue weighted by molar-refractivity contribution is 6.33. The lowest BCUT2D eigenvalue weighted by molar-refractivity contribution is 0.619. The molecule has 1 aromatic rings. The first-order chi connectivity index (χ1) is 6.65. The van der Waals surface area contributed by atoms with Crippen LogP contribution in [0.3, 0.4) is 0 Å². The average molecular weight is 213 g/mol. The van der Waals surface area contributed by atoms with Crippen LogP contribution in [0.2, 0.25) is 5.02 Å². The second-order valence-electron chi connectivity index (χ2n) is 2.92. The standard InChI is InChI=1S/C10H10ClFN2/c1-7-5-8(11)10(6-9(7)12)14-4-2-3-13/h5-6,14H,2,4H2,1H3. The number of anilines is 1. The monoisotopic (exact) mass is 212 g/mol. The number of nitrogens with one attached hydrogen (secondary N) is 1. The molecule has 1 aromatic carbocycles. The molecule has 0 aliphatic heterocycles. The Bertz CT molecular complexity index is 371. The highest BCUT2D eigenvalue weighted by Gasteiger charge is 2.04. The van der Waals surface area contributed by atoms with E-state index in [1.165, 1.54) is 6.07 Å². The van der Waals surface area contributed by atoms with Gasteiger partial charge in [-0.15, -0.1) is 0 Å². The van der Waals surface area contributed by atoms with Gasteiger partial charge >= 0.3 is 0 Å². The number of nitrogens with zero attached hydrogens (tertiary/aromatic N) is 1. The SMILES string of the molecule is Cc1cc(Cl)c(NCCC#N)cc1F. The second-order valence-corrected chi connectivity index (χ2v) is 3.32. The quantitative estimate of drug-likeness (QED) is 0.782. The van der Waals surface area contributed by atoms with Gasteiger partial charge in [0.25, 0.3) is 0 Å². The van der Waals surface area contributed by atoms with Crippen molar-refractivity contribution in [2.24, 2.45) is 0 Å². The first-order valence-electron chi connectivity index (χ1n) is 4.21. The summed E-state index contributed by atoms with van der Waals surface area (Å²) in [6, 6.07) is 4.89. The molecule has 0 unspecified atom stereocenters. The van der Waals surface area contributed by atoms with Crippen molar-refractivity contribution >= 4 is 17.3 Å². The van der Waals surface area contributed by atoms with Gasteiger partial charge in [0.15, 0.2) is 0 Å². The molecule has 4 heteroatoms. The molecule has 1 N–H and O–H groups in total. The van der Waals surface area contributed by atoms with E-state index in [9.17, 15) is 4.39 Å². The minimum Gasteiger partial charge on any atom is -0.383 e. The maximum Gasteiger partial charge on any atom is 0.128 e. The normalized spacial score (nSPS) is 9.57. The molecule has 0 bridgehead atoms. The molecular weight excluding hydrogens is 203 g/mol. The molecule has 0 atom stereocenters. The molecule has 1 rings (SSSR count). The summed E-state index contributed by atoms with van der Waals surface area (Å²) in [6.07, 6.45) is 0.367. The van der Waals surface area contributed by atoms with Gasteiger partial charge < -0.3 is 5.32 Å². The summed E-state index contributed by atoms with van der Waals surface area (Å²) in [4.78, 5) is 0. The van der Waals surface area contributed by atoms with Gasteiger partial charge in [0, 0.05) is 6.54 Å². The molecule has 74 valence electrons. The van der Waals surface area contributed by atoms with Crippen molar-refractivity contribution in [2.45, 2.75) is 13.3 Å². The van der Waals surface area contributed by atoms with E-state index >= 15 is 0 Å². The Morgan fingerprint density at radius 2 is 2.29 bits per heavy atom. The van der Waals surface area contributed by atoms with Crippen molar-refractivity contribution in [1.82, 2.24) is 0 Å². The van der Waals surface area contributed by atoms with Crippen molar-refractivity contribution in [3.8, 4) is 6.07 Å². The van der Waals surface area contributed by atoms with Gasteiger partial charge in [-0.1, -0.05) is 11.6 Å². The van der Waals surface area contributed by atoms with Crippen LogP contribution in [-0.4, -0.2) is 6.54 Å². The van der Waals surface area contributed by atoms with Crippen molar-refractivity contribution < 1.29 is 4.39 Å². The largest absolute Gasteiger partial charge is 0.383 e. The van der Waals surface area contributed by atoms with E-state index < -0.39 is 0 Å². The van der Waals surface area contributed by atoms with Gasteiger partial charge in [0.2, 0.25) is 0 Å². The lowest BCUT2D eigenvalue weighted by Crippen LogP contribution is -2.01. The second kappa shape index (κ2) is 4.83. The van der Waals surface area contributed by atoms with Crippen molar-refractivity contribution in [1.29, 1.82) is 5.26 Å².